The van der Waals surface area contributed by atoms with Crippen molar-refractivity contribution in [3.05, 3.63) is 70.3 Å². The van der Waals surface area contributed by atoms with Crippen molar-refractivity contribution in [2.24, 2.45) is 17.3 Å². The molecule has 4 aliphatic carbocycles. The van der Waals surface area contributed by atoms with E-state index in [1.54, 1.807) is 12.4 Å². The number of aromatic nitrogens is 4. The number of nitrogens with zero attached hydrogens (tertiary/aromatic N) is 5. The Hall–Kier alpha value is -3.49. The summed E-state index contributed by atoms with van der Waals surface area (Å²) in [6, 6.07) is 8.32. The van der Waals surface area contributed by atoms with Crippen LogP contribution in [-0.4, -0.2) is 30.4 Å². The SMILES string of the molecule is Cc1cccc(Cn2cc(NC(=O)CC34CC5CC(C3)CC(n3cc([N+](=O)[O-])cn3)(C5)C4)cn2)c1. The lowest BCUT2D eigenvalue weighted by Crippen LogP contribution is -2.57. The molecule has 3 aromatic rings. The van der Waals surface area contributed by atoms with Crippen molar-refractivity contribution in [2.45, 2.75) is 64.0 Å². The topological polar surface area (TPSA) is 108 Å². The summed E-state index contributed by atoms with van der Waals surface area (Å²) in [5.41, 5.74) is 2.84. The maximum absolute atomic E-state index is 13.2. The molecule has 35 heavy (non-hydrogen) atoms. The van der Waals surface area contributed by atoms with E-state index < -0.39 is 0 Å². The predicted octanol–water partition coefficient (Wildman–Crippen LogP) is 4.67. The number of hydrogen-bond donors (Lipinski definition) is 1. The fraction of sp³-hybridized carbons (Fsp3) is 0.500. The fourth-order valence-electron chi connectivity index (χ4n) is 7.60. The zero-order valence-electron chi connectivity index (χ0n) is 19.9. The summed E-state index contributed by atoms with van der Waals surface area (Å²) in [5.74, 6) is 1.11. The van der Waals surface area contributed by atoms with Crippen LogP contribution >= 0.6 is 0 Å². The van der Waals surface area contributed by atoms with E-state index in [1.807, 2.05) is 21.6 Å². The van der Waals surface area contributed by atoms with Gasteiger partial charge in [0.25, 0.3) is 0 Å². The smallest absolute Gasteiger partial charge is 0.307 e. The summed E-state index contributed by atoms with van der Waals surface area (Å²) in [5, 5.41) is 23.1. The summed E-state index contributed by atoms with van der Waals surface area (Å²) in [6.07, 6.45) is 13.1. The Balaban J connectivity index is 1.15. The molecule has 1 amide bonds. The van der Waals surface area contributed by atoms with E-state index in [9.17, 15) is 14.9 Å². The van der Waals surface area contributed by atoms with Gasteiger partial charge in [0.1, 0.15) is 12.4 Å². The van der Waals surface area contributed by atoms with Crippen LogP contribution in [0.3, 0.4) is 0 Å². The summed E-state index contributed by atoms with van der Waals surface area (Å²) in [6.45, 7) is 2.73. The first kappa shape index (κ1) is 22.0. The lowest BCUT2D eigenvalue weighted by molar-refractivity contribution is -0.385. The number of amides is 1. The van der Waals surface area contributed by atoms with Gasteiger partial charge in [-0.1, -0.05) is 29.8 Å². The molecule has 2 aromatic heterocycles. The van der Waals surface area contributed by atoms with Crippen LogP contribution in [-0.2, 0) is 16.9 Å². The number of aryl methyl sites for hydroxylation is 1. The van der Waals surface area contributed by atoms with E-state index in [0.717, 1.165) is 32.1 Å². The molecule has 0 saturated heterocycles. The highest BCUT2D eigenvalue weighted by Gasteiger charge is 2.59. The van der Waals surface area contributed by atoms with Gasteiger partial charge in [0, 0.05) is 12.6 Å². The first-order valence-electron chi connectivity index (χ1n) is 12.4. The van der Waals surface area contributed by atoms with Crippen molar-refractivity contribution in [1.82, 2.24) is 19.6 Å². The van der Waals surface area contributed by atoms with Gasteiger partial charge in [-0.05, 0) is 68.3 Å². The molecule has 4 fully saturated rings. The summed E-state index contributed by atoms with van der Waals surface area (Å²) in [4.78, 5) is 24.0. The molecular weight excluding hydrogens is 444 g/mol. The van der Waals surface area contributed by atoms with Crippen molar-refractivity contribution < 1.29 is 9.72 Å². The zero-order chi connectivity index (χ0) is 24.2. The lowest BCUT2D eigenvalue weighted by Gasteiger charge is -2.61. The summed E-state index contributed by atoms with van der Waals surface area (Å²) in [7, 11) is 0. The van der Waals surface area contributed by atoms with E-state index >= 15 is 0 Å². The molecule has 2 unspecified atom stereocenters. The highest BCUT2D eigenvalue weighted by Crippen LogP contribution is 2.65. The van der Waals surface area contributed by atoms with E-state index in [2.05, 4.69) is 40.6 Å². The Morgan fingerprint density at radius 2 is 1.97 bits per heavy atom. The first-order valence-corrected chi connectivity index (χ1v) is 12.4. The van der Waals surface area contributed by atoms with Gasteiger partial charge in [0.15, 0.2) is 0 Å². The molecule has 9 heteroatoms. The van der Waals surface area contributed by atoms with E-state index in [1.165, 1.54) is 23.7 Å². The van der Waals surface area contributed by atoms with Crippen LogP contribution in [0.1, 0.15) is 56.1 Å². The number of nitrogens with one attached hydrogen (secondary N) is 1. The Labute approximate surface area is 203 Å². The monoisotopic (exact) mass is 474 g/mol. The molecule has 4 aliphatic rings. The highest BCUT2D eigenvalue weighted by atomic mass is 16.6. The molecule has 4 saturated carbocycles. The lowest BCUT2D eigenvalue weighted by atomic mass is 9.46. The largest absolute Gasteiger partial charge is 0.323 e. The second kappa shape index (κ2) is 8.03. The molecule has 7 rings (SSSR count). The number of carbonyl (C=O) groups excluding carboxylic acids is 1. The Morgan fingerprint density at radius 3 is 2.69 bits per heavy atom. The molecule has 2 heterocycles. The van der Waals surface area contributed by atoms with Crippen molar-refractivity contribution in [3.63, 3.8) is 0 Å². The first-order chi connectivity index (χ1) is 16.8. The molecular formula is C26H30N6O3. The molecule has 2 atom stereocenters. The number of nitro groups is 1. The Kier molecular flexibility index (Phi) is 5.05. The van der Waals surface area contributed by atoms with Crippen molar-refractivity contribution in [1.29, 1.82) is 0 Å². The second-order valence-electron chi connectivity index (χ2n) is 11.2. The average Bonchev–Trinajstić information content (AvgIpc) is 3.43. The van der Waals surface area contributed by atoms with Crippen molar-refractivity contribution in [2.75, 3.05) is 5.32 Å². The van der Waals surface area contributed by atoms with Crippen molar-refractivity contribution in [3.8, 4) is 0 Å². The minimum atomic E-state index is -0.383. The molecule has 0 spiro atoms. The number of anilines is 1. The van der Waals surface area contributed by atoms with Crippen LogP contribution in [0.2, 0.25) is 0 Å². The zero-order valence-corrected chi connectivity index (χ0v) is 19.9. The number of hydrogen-bond acceptors (Lipinski definition) is 5. The maximum Gasteiger partial charge on any atom is 0.307 e. The van der Waals surface area contributed by atoms with Gasteiger partial charge in [-0.3, -0.25) is 24.3 Å². The molecule has 1 N–H and O–H groups in total. The molecule has 1 aromatic carbocycles. The average molecular weight is 475 g/mol. The highest BCUT2D eigenvalue weighted by molar-refractivity contribution is 5.91. The minimum absolute atomic E-state index is 0.0173. The van der Waals surface area contributed by atoms with Gasteiger partial charge in [-0.25, -0.2) is 0 Å². The van der Waals surface area contributed by atoms with Gasteiger partial charge in [-0.2, -0.15) is 10.2 Å². The van der Waals surface area contributed by atoms with Gasteiger partial charge in [-0.15, -0.1) is 0 Å². The molecule has 182 valence electrons. The van der Waals surface area contributed by atoms with Crippen LogP contribution in [0, 0.1) is 34.3 Å². The van der Waals surface area contributed by atoms with Gasteiger partial charge >= 0.3 is 5.69 Å². The van der Waals surface area contributed by atoms with Gasteiger partial charge in [0.05, 0.1) is 28.9 Å². The standard InChI is InChI=1S/C26H30N6O3/c1-18-3-2-4-19(5-18)14-30-15-22(12-27-30)29-24(33)11-25-7-20-6-21(8-25)10-26(9-20,17-25)31-16-23(13-28-31)32(34)35/h2-5,12-13,15-16,20-21H,6-11,14,17H2,1H3,(H,29,33). The fourth-order valence-corrected chi connectivity index (χ4v) is 7.60. The summed E-state index contributed by atoms with van der Waals surface area (Å²) < 4.78 is 3.69. The number of carbonyl (C=O) groups is 1. The Bertz CT molecular complexity index is 1280. The normalized spacial score (nSPS) is 28.8. The van der Waals surface area contributed by atoms with Crippen molar-refractivity contribution >= 4 is 17.3 Å². The van der Waals surface area contributed by atoms with E-state index in [0.29, 0.717) is 30.5 Å². The van der Waals surface area contributed by atoms with E-state index in [-0.39, 0.29) is 27.5 Å². The third kappa shape index (κ3) is 4.13. The maximum atomic E-state index is 13.2. The minimum Gasteiger partial charge on any atom is -0.323 e. The third-order valence-electron chi connectivity index (χ3n) is 8.30. The predicted molar refractivity (Wildman–Crippen MR) is 130 cm³/mol. The quantitative estimate of drug-likeness (QED) is 0.395. The van der Waals surface area contributed by atoms with Crippen LogP contribution in [0.4, 0.5) is 11.4 Å². The summed E-state index contributed by atoms with van der Waals surface area (Å²) >= 11 is 0. The number of rotatable bonds is 7. The van der Waals surface area contributed by atoms with Gasteiger partial charge < -0.3 is 5.32 Å². The van der Waals surface area contributed by atoms with Crippen LogP contribution in [0.15, 0.2) is 49.1 Å². The Morgan fingerprint density at radius 1 is 1.17 bits per heavy atom. The number of benzene rings is 1. The molecule has 0 radical (unpaired) electrons. The van der Waals surface area contributed by atoms with Crippen LogP contribution in [0.25, 0.3) is 0 Å². The van der Waals surface area contributed by atoms with Crippen LogP contribution in [0.5, 0.6) is 0 Å². The molecule has 9 nitrogen and oxygen atoms in total. The van der Waals surface area contributed by atoms with E-state index in [4.69, 9.17) is 0 Å². The molecule has 0 aliphatic heterocycles. The molecule has 4 bridgehead atoms. The van der Waals surface area contributed by atoms with Crippen LogP contribution < -0.4 is 5.32 Å². The van der Waals surface area contributed by atoms with Gasteiger partial charge in [0.2, 0.25) is 5.91 Å². The third-order valence-corrected chi connectivity index (χ3v) is 8.30. The second-order valence-corrected chi connectivity index (χ2v) is 11.2.